The third kappa shape index (κ3) is 7.64. The van der Waals surface area contributed by atoms with Gasteiger partial charge in [0.2, 0.25) is 11.8 Å². The molecule has 1 heterocycles. The number of likely N-dealkylation sites (N-methyl/N-ethyl adjacent to an activating group) is 1. The molecule has 3 rings (SSSR count). The molecule has 1 aliphatic rings. The number of quaternary nitrogens is 1. The first-order chi connectivity index (χ1) is 18.3. The number of hydrogen-bond donors (Lipinski definition) is 6. The highest BCUT2D eigenvalue weighted by molar-refractivity contribution is 5.97. The number of benzene rings is 2. The molecule has 1 aliphatic heterocycles. The van der Waals surface area contributed by atoms with Gasteiger partial charge in [0.15, 0.2) is 6.54 Å². The second-order valence-corrected chi connectivity index (χ2v) is 9.82. The second-order valence-electron chi connectivity index (χ2n) is 9.82. The minimum absolute atomic E-state index is 0.00548. The van der Waals surface area contributed by atoms with Crippen LogP contribution in [0, 0.1) is 0 Å². The van der Waals surface area contributed by atoms with E-state index in [1.54, 1.807) is 0 Å². The Morgan fingerprint density at radius 2 is 1.28 bits per heavy atom. The highest BCUT2D eigenvalue weighted by Crippen LogP contribution is 2.27. The first-order valence-electron chi connectivity index (χ1n) is 12.2. The summed E-state index contributed by atoms with van der Waals surface area (Å²) in [6.45, 7) is 4.62. The van der Waals surface area contributed by atoms with Crippen molar-refractivity contribution in [2.45, 2.75) is 13.8 Å². The van der Waals surface area contributed by atoms with Gasteiger partial charge in [0.05, 0.1) is 49.4 Å². The molecular formula is C25H35N8O6+. The molecule has 39 heavy (non-hydrogen) atoms. The topological polar surface area (TPSA) is 195 Å². The lowest BCUT2D eigenvalue weighted by Gasteiger charge is -2.41. The summed E-state index contributed by atoms with van der Waals surface area (Å²) < 4.78 is 0.324. The summed E-state index contributed by atoms with van der Waals surface area (Å²) in [5.41, 5.74) is 13.3. The van der Waals surface area contributed by atoms with E-state index in [1.165, 1.54) is 50.2 Å². The third-order valence-electron chi connectivity index (χ3n) is 6.41. The summed E-state index contributed by atoms with van der Waals surface area (Å²) in [5.74, 6) is -1.68. The molecule has 1 fully saturated rings. The molecule has 210 valence electrons. The van der Waals surface area contributed by atoms with E-state index >= 15 is 0 Å². The molecule has 0 aliphatic carbocycles. The van der Waals surface area contributed by atoms with Crippen LogP contribution in [0.5, 0.6) is 0 Å². The van der Waals surface area contributed by atoms with Gasteiger partial charge in [0.1, 0.15) is 0 Å². The maximum atomic E-state index is 12.8. The molecular weight excluding hydrogens is 508 g/mol. The molecule has 4 amide bonds. The third-order valence-corrected chi connectivity index (χ3v) is 6.41. The predicted octanol–water partition coefficient (Wildman–Crippen LogP) is 0.675. The molecule has 0 spiro atoms. The zero-order chi connectivity index (χ0) is 28.9. The lowest BCUT2D eigenvalue weighted by atomic mass is 10.2. The van der Waals surface area contributed by atoms with Gasteiger partial charge in [-0.25, -0.2) is 0 Å². The van der Waals surface area contributed by atoms with Crippen molar-refractivity contribution < 1.29 is 34.1 Å². The Morgan fingerprint density at radius 3 is 1.69 bits per heavy atom. The van der Waals surface area contributed by atoms with Gasteiger partial charge in [-0.3, -0.25) is 34.5 Å². The fourth-order valence-electron chi connectivity index (χ4n) is 4.28. The van der Waals surface area contributed by atoms with Crippen LogP contribution in [0.4, 0.5) is 34.1 Å². The number of nitrogen functional groups attached to an aromatic ring is 2. The summed E-state index contributed by atoms with van der Waals surface area (Å²) in [6.07, 6.45) is 0. The predicted molar refractivity (Wildman–Crippen MR) is 146 cm³/mol. The Kier molecular flexibility index (Phi) is 9.08. The van der Waals surface area contributed by atoms with Gasteiger partial charge >= 0.3 is 5.91 Å². The lowest BCUT2D eigenvalue weighted by Crippen LogP contribution is -2.61. The molecule has 0 bridgehead atoms. The molecule has 0 aromatic heterocycles. The van der Waals surface area contributed by atoms with Gasteiger partial charge in [0.25, 0.3) is 5.91 Å². The van der Waals surface area contributed by atoms with Crippen molar-refractivity contribution in [3.8, 4) is 0 Å². The standard InChI is InChI=1S/C25H34N8O6/c1-16(34)28-18-4-6-22(20(26)12-18)31(38)24(36)14-30-8-10-33(3,11-9-30)15-25(37)32(39)23-7-5-19(13-21(23)27)29-17(2)35/h4-7,12-13,38-39H,8-11,14-15,26-27H2,1-3H3,(H-,28,29,34,35)/p+1. The van der Waals surface area contributed by atoms with E-state index in [9.17, 15) is 29.6 Å². The summed E-state index contributed by atoms with van der Waals surface area (Å²) in [6, 6.07) is 8.85. The molecule has 8 N–H and O–H groups in total. The van der Waals surface area contributed by atoms with Gasteiger partial charge < -0.3 is 26.6 Å². The van der Waals surface area contributed by atoms with Crippen LogP contribution >= 0.6 is 0 Å². The number of piperazine rings is 1. The maximum Gasteiger partial charge on any atom is 0.305 e. The Hall–Kier alpha value is -4.24. The van der Waals surface area contributed by atoms with Crippen LogP contribution in [0.1, 0.15) is 13.8 Å². The van der Waals surface area contributed by atoms with E-state index in [0.717, 1.165) is 0 Å². The Morgan fingerprint density at radius 1 is 0.846 bits per heavy atom. The highest BCUT2D eigenvalue weighted by atomic mass is 16.5. The van der Waals surface area contributed by atoms with Gasteiger partial charge in [-0.05, 0) is 36.4 Å². The quantitative estimate of drug-likeness (QED) is 0.120. The second kappa shape index (κ2) is 12.1. The molecule has 14 heteroatoms. The van der Waals surface area contributed by atoms with Gasteiger partial charge in [0, 0.05) is 38.3 Å². The van der Waals surface area contributed by atoms with E-state index in [2.05, 4.69) is 10.6 Å². The summed E-state index contributed by atoms with van der Waals surface area (Å²) in [7, 11) is 1.88. The summed E-state index contributed by atoms with van der Waals surface area (Å²) >= 11 is 0. The first kappa shape index (κ1) is 29.3. The average Bonchev–Trinajstić information content (AvgIpc) is 2.84. The zero-order valence-corrected chi connectivity index (χ0v) is 22.2. The van der Waals surface area contributed by atoms with Crippen molar-refractivity contribution in [1.29, 1.82) is 0 Å². The monoisotopic (exact) mass is 543 g/mol. The number of anilines is 6. The SMILES string of the molecule is CC(=O)Nc1ccc(N(O)C(=O)CN2CC[N+](C)(CC(=O)N(O)c3ccc(NC(C)=O)cc3N)CC2)c(N)c1. The van der Waals surface area contributed by atoms with Crippen molar-refractivity contribution in [2.75, 3.05) is 78.5 Å². The van der Waals surface area contributed by atoms with Crippen molar-refractivity contribution in [1.82, 2.24) is 4.90 Å². The number of hydroxylamine groups is 2. The van der Waals surface area contributed by atoms with E-state index in [1.807, 2.05) is 11.9 Å². The highest BCUT2D eigenvalue weighted by Gasteiger charge is 2.34. The molecule has 2 aromatic carbocycles. The largest absolute Gasteiger partial charge is 0.397 e. The van der Waals surface area contributed by atoms with Crippen LogP contribution in [0.2, 0.25) is 0 Å². The number of carbonyl (C=O) groups is 4. The minimum Gasteiger partial charge on any atom is -0.397 e. The van der Waals surface area contributed by atoms with Crippen LogP contribution < -0.4 is 32.2 Å². The van der Waals surface area contributed by atoms with Crippen molar-refractivity contribution in [3.05, 3.63) is 36.4 Å². The molecule has 1 saturated heterocycles. The van der Waals surface area contributed by atoms with Crippen LogP contribution in [-0.4, -0.2) is 89.7 Å². The van der Waals surface area contributed by atoms with Gasteiger partial charge in [-0.2, -0.15) is 10.1 Å². The van der Waals surface area contributed by atoms with E-state index in [-0.39, 0.29) is 47.7 Å². The van der Waals surface area contributed by atoms with Crippen LogP contribution in [-0.2, 0) is 19.2 Å². The average molecular weight is 544 g/mol. The Balaban J connectivity index is 1.54. The lowest BCUT2D eigenvalue weighted by molar-refractivity contribution is -0.906. The molecule has 0 radical (unpaired) electrons. The zero-order valence-electron chi connectivity index (χ0n) is 22.2. The number of rotatable bonds is 8. The normalized spacial score (nSPS) is 14.8. The van der Waals surface area contributed by atoms with Crippen LogP contribution in [0.15, 0.2) is 36.4 Å². The molecule has 0 saturated carbocycles. The number of nitrogens with two attached hydrogens (primary N) is 2. The Labute approximate surface area is 225 Å². The van der Waals surface area contributed by atoms with Crippen molar-refractivity contribution >= 4 is 57.8 Å². The summed E-state index contributed by atoms with van der Waals surface area (Å²) in [5, 5.41) is 27.1. The van der Waals surface area contributed by atoms with E-state index < -0.39 is 11.8 Å². The van der Waals surface area contributed by atoms with Crippen LogP contribution in [0.25, 0.3) is 0 Å². The first-order valence-corrected chi connectivity index (χ1v) is 12.2. The van der Waals surface area contributed by atoms with Crippen molar-refractivity contribution in [2.24, 2.45) is 0 Å². The van der Waals surface area contributed by atoms with Gasteiger partial charge in [-0.1, -0.05) is 0 Å². The van der Waals surface area contributed by atoms with E-state index in [0.29, 0.717) is 52.2 Å². The molecule has 0 unspecified atom stereocenters. The molecule has 0 atom stereocenters. The van der Waals surface area contributed by atoms with Crippen LogP contribution in [0.3, 0.4) is 0 Å². The Bertz CT molecular complexity index is 1260. The molecule has 14 nitrogen and oxygen atoms in total. The van der Waals surface area contributed by atoms with Crippen molar-refractivity contribution in [3.63, 3.8) is 0 Å². The number of hydrogen-bond acceptors (Lipinski definition) is 9. The number of amides is 4. The van der Waals surface area contributed by atoms with Gasteiger partial charge in [-0.15, -0.1) is 0 Å². The number of carbonyl (C=O) groups excluding carboxylic acids is 4. The summed E-state index contributed by atoms with van der Waals surface area (Å²) in [4.78, 5) is 49.8. The number of nitrogens with zero attached hydrogens (tertiary/aromatic N) is 4. The maximum absolute atomic E-state index is 12.8. The fourth-order valence-corrected chi connectivity index (χ4v) is 4.28. The smallest absolute Gasteiger partial charge is 0.305 e. The fraction of sp³-hybridized carbons (Fsp3) is 0.360. The minimum atomic E-state index is -0.583. The van der Waals surface area contributed by atoms with E-state index in [4.69, 9.17) is 11.5 Å². The molecule has 2 aromatic rings. The number of nitrogens with one attached hydrogen (secondary N) is 2.